The third-order valence-electron chi connectivity index (χ3n) is 4.76. The minimum Gasteiger partial charge on any atom is -0.385 e. The molecule has 0 saturated carbocycles. The van der Waals surface area contributed by atoms with Gasteiger partial charge in [-0.3, -0.25) is 4.90 Å². The predicted molar refractivity (Wildman–Crippen MR) is 109 cm³/mol. The van der Waals surface area contributed by atoms with E-state index >= 15 is 0 Å². The third kappa shape index (κ3) is 4.57. The zero-order valence-corrected chi connectivity index (χ0v) is 16.8. The first-order valence-corrected chi connectivity index (χ1v) is 10.4. The largest absolute Gasteiger partial charge is 0.385 e. The minimum absolute atomic E-state index is 0.423. The van der Waals surface area contributed by atoms with Crippen molar-refractivity contribution in [3.05, 3.63) is 22.4 Å². The highest BCUT2D eigenvalue weighted by Gasteiger charge is 2.21. The summed E-state index contributed by atoms with van der Waals surface area (Å²) in [5, 5.41) is 13.2. The highest BCUT2D eigenvalue weighted by Crippen LogP contribution is 2.25. The molecule has 0 unspecified atom stereocenters. The van der Waals surface area contributed by atoms with Crippen LogP contribution in [0.5, 0.6) is 0 Å². The van der Waals surface area contributed by atoms with Crippen LogP contribution in [0.15, 0.2) is 22.1 Å². The molecule has 0 radical (unpaired) electrons. The molecule has 3 aromatic rings. The van der Waals surface area contributed by atoms with Crippen LogP contribution in [0.1, 0.15) is 17.7 Å². The number of fused-ring (bicyclic) bond motifs is 1. The van der Waals surface area contributed by atoms with Gasteiger partial charge in [0, 0.05) is 57.9 Å². The normalized spacial score (nSPS) is 15.8. The molecular formula is C18H25N7O2S. The van der Waals surface area contributed by atoms with Crippen molar-refractivity contribution in [2.75, 3.05) is 56.7 Å². The van der Waals surface area contributed by atoms with Crippen molar-refractivity contribution in [3.8, 4) is 0 Å². The van der Waals surface area contributed by atoms with E-state index in [1.54, 1.807) is 7.11 Å². The number of hydrogen-bond donors (Lipinski definition) is 1. The summed E-state index contributed by atoms with van der Waals surface area (Å²) in [7, 11) is 1.71. The highest BCUT2D eigenvalue weighted by atomic mass is 32.1. The molecule has 1 aliphatic rings. The van der Waals surface area contributed by atoms with Gasteiger partial charge in [0.05, 0.1) is 0 Å². The van der Waals surface area contributed by atoms with Crippen LogP contribution < -0.4 is 10.2 Å². The summed E-state index contributed by atoms with van der Waals surface area (Å²) in [4.78, 5) is 15.5. The lowest BCUT2D eigenvalue weighted by Crippen LogP contribution is -2.31. The lowest BCUT2D eigenvalue weighted by atomic mass is 10.3. The molecule has 0 atom stereocenters. The van der Waals surface area contributed by atoms with Crippen LogP contribution in [-0.4, -0.2) is 71.6 Å². The summed E-state index contributed by atoms with van der Waals surface area (Å²) in [5.41, 5.74) is 0.865. The van der Waals surface area contributed by atoms with Gasteiger partial charge in [0.25, 0.3) is 0 Å². The van der Waals surface area contributed by atoms with E-state index in [1.807, 2.05) is 11.3 Å². The van der Waals surface area contributed by atoms with Crippen molar-refractivity contribution in [2.45, 2.75) is 19.4 Å². The number of methoxy groups -OCH3 is 1. The average molecular weight is 404 g/mol. The number of hydrogen-bond acceptors (Lipinski definition) is 10. The first-order chi connectivity index (χ1) is 13.8. The van der Waals surface area contributed by atoms with Gasteiger partial charge in [-0.15, -0.1) is 11.3 Å². The molecule has 4 heterocycles. The maximum atomic E-state index is 5.13. The topological polar surface area (TPSA) is 92.4 Å². The van der Waals surface area contributed by atoms with Crippen molar-refractivity contribution in [1.82, 2.24) is 25.2 Å². The molecule has 0 aromatic carbocycles. The molecule has 4 rings (SSSR count). The molecule has 1 N–H and O–H groups in total. The lowest BCUT2D eigenvalue weighted by Gasteiger charge is -2.24. The Bertz CT molecular complexity index is 870. The Morgan fingerprint density at radius 3 is 2.89 bits per heavy atom. The Hall–Kier alpha value is -2.30. The summed E-state index contributed by atoms with van der Waals surface area (Å²) < 4.78 is 9.93. The maximum Gasteiger partial charge on any atom is 0.245 e. The molecule has 150 valence electrons. The molecule has 0 aliphatic carbocycles. The van der Waals surface area contributed by atoms with Gasteiger partial charge < -0.3 is 15.0 Å². The van der Waals surface area contributed by atoms with E-state index in [0.29, 0.717) is 17.9 Å². The van der Waals surface area contributed by atoms with Gasteiger partial charge in [-0.1, -0.05) is 6.07 Å². The molecule has 28 heavy (non-hydrogen) atoms. The molecule has 9 nitrogen and oxygen atoms in total. The summed E-state index contributed by atoms with van der Waals surface area (Å²) in [6.45, 7) is 6.34. The quantitative estimate of drug-likeness (QED) is 0.568. The number of nitrogens with one attached hydrogen (secondary N) is 1. The lowest BCUT2D eigenvalue weighted by molar-refractivity contribution is 0.198. The molecule has 1 aliphatic heterocycles. The fourth-order valence-electron chi connectivity index (χ4n) is 3.36. The van der Waals surface area contributed by atoms with Gasteiger partial charge in [0.1, 0.15) is 0 Å². The van der Waals surface area contributed by atoms with Crippen LogP contribution >= 0.6 is 11.3 Å². The Morgan fingerprint density at radius 2 is 2.07 bits per heavy atom. The van der Waals surface area contributed by atoms with Crippen molar-refractivity contribution in [1.29, 1.82) is 0 Å². The summed E-state index contributed by atoms with van der Waals surface area (Å²) in [6.07, 6.45) is 1.96. The van der Waals surface area contributed by atoms with E-state index in [1.165, 1.54) is 4.88 Å². The zero-order valence-electron chi connectivity index (χ0n) is 16.0. The number of aromatic nitrogens is 4. The van der Waals surface area contributed by atoms with Gasteiger partial charge in [0.2, 0.25) is 11.3 Å². The zero-order chi connectivity index (χ0) is 19.2. The number of thiophene rings is 1. The second kappa shape index (κ2) is 9.26. The standard InChI is InChI=1S/C18H25N7O2S/c1-26-11-3-6-19-17-18(21-16-15(20-17)22-27-23-16)25-8-4-7-24(9-10-25)13-14-5-2-12-28-14/h2,5,12H,3-4,6-11,13H2,1H3,(H,19,20,22). The Kier molecular flexibility index (Phi) is 6.30. The summed E-state index contributed by atoms with van der Waals surface area (Å²) in [5.74, 6) is 1.55. The first kappa shape index (κ1) is 19.0. The maximum absolute atomic E-state index is 5.13. The Balaban J connectivity index is 1.48. The van der Waals surface area contributed by atoms with Crippen LogP contribution in [-0.2, 0) is 11.3 Å². The Labute approximate surface area is 167 Å². The first-order valence-electron chi connectivity index (χ1n) is 9.56. The van der Waals surface area contributed by atoms with Gasteiger partial charge >= 0.3 is 0 Å². The second-order valence-corrected chi connectivity index (χ2v) is 7.81. The van der Waals surface area contributed by atoms with Crippen molar-refractivity contribution in [3.63, 3.8) is 0 Å². The van der Waals surface area contributed by atoms with Crippen LogP contribution in [0.3, 0.4) is 0 Å². The minimum atomic E-state index is 0.423. The monoisotopic (exact) mass is 403 g/mol. The van der Waals surface area contributed by atoms with E-state index in [0.717, 1.165) is 63.7 Å². The Morgan fingerprint density at radius 1 is 1.18 bits per heavy atom. The van der Waals surface area contributed by atoms with E-state index in [4.69, 9.17) is 9.37 Å². The van der Waals surface area contributed by atoms with Gasteiger partial charge in [0.15, 0.2) is 11.6 Å². The highest BCUT2D eigenvalue weighted by molar-refractivity contribution is 7.09. The van der Waals surface area contributed by atoms with E-state index in [-0.39, 0.29) is 0 Å². The molecule has 1 fully saturated rings. The van der Waals surface area contributed by atoms with Crippen LogP contribution in [0.25, 0.3) is 11.3 Å². The predicted octanol–water partition coefficient (Wildman–Crippen LogP) is 2.23. The van der Waals surface area contributed by atoms with Crippen molar-refractivity contribution >= 4 is 34.3 Å². The number of rotatable bonds is 8. The summed E-state index contributed by atoms with van der Waals surface area (Å²) in [6, 6.07) is 4.31. The SMILES string of the molecule is COCCCNc1nc2nonc2nc1N1CCCN(Cc2cccs2)CC1. The van der Waals surface area contributed by atoms with Crippen molar-refractivity contribution < 1.29 is 9.37 Å². The molecular weight excluding hydrogens is 378 g/mol. The molecule has 1 saturated heterocycles. The van der Waals surface area contributed by atoms with Gasteiger partial charge in [-0.05, 0) is 34.6 Å². The van der Waals surface area contributed by atoms with Crippen LogP contribution in [0, 0.1) is 0 Å². The second-order valence-electron chi connectivity index (χ2n) is 6.78. The van der Waals surface area contributed by atoms with E-state index < -0.39 is 0 Å². The van der Waals surface area contributed by atoms with Crippen LogP contribution in [0.2, 0.25) is 0 Å². The van der Waals surface area contributed by atoms with Crippen LogP contribution in [0.4, 0.5) is 11.6 Å². The fourth-order valence-corrected chi connectivity index (χ4v) is 4.10. The van der Waals surface area contributed by atoms with Crippen molar-refractivity contribution in [2.24, 2.45) is 0 Å². The fraction of sp³-hybridized carbons (Fsp3) is 0.556. The third-order valence-corrected chi connectivity index (χ3v) is 5.62. The number of anilines is 2. The molecule has 3 aromatic heterocycles. The smallest absolute Gasteiger partial charge is 0.245 e. The molecule has 0 spiro atoms. The average Bonchev–Trinajstić information content (AvgIpc) is 3.33. The molecule has 0 amide bonds. The van der Waals surface area contributed by atoms with E-state index in [9.17, 15) is 0 Å². The number of nitrogens with zero attached hydrogens (tertiary/aromatic N) is 6. The van der Waals surface area contributed by atoms with E-state index in [2.05, 4.69) is 52.9 Å². The summed E-state index contributed by atoms with van der Waals surface area (Å²) >= 11 is 1.81. The molecule has 10 heteroatoms. The number of ether oxygens (including phenoxy) is 1. The van der Waals surface area contributed by atoms with Gasteiger partial charge in [-0.25, -0.2) is 14.6 Å². The van der Waals surface area contributed by atoms with Gasteiger partial charge in [-0.2, -0.15) is 0 Å². The molecule has 0 bridgehead atoms.